The Morgan fingerprint density at radius 1 is 0.880 bits per heavy atom. The highest BCUT2D eigenvalue weighted by Gasteiger charge is 2.10. The first-order chi connectivity index (χ1) is 12.2. The van der Waals surface area contributed by atoms with Crippen molar-refractivity contribution in [3.05, 3.63) is 83.7 Å². The molecule has 0 fully saturated rings. The molecule has 0 aliphatic carbocycles. The summed E-state index contributed by atoms with van der Waals surface area (Å²) in [5, 5.41) is 1.67. The summed E-state index contributed by atoms with van der Waals surface area (Å²) < 4.78 is 15.0. The zero-order valence-electron chi connectivity index (χ0n) is 15.1. The van der Waals surface area contributed by atoms with Crippen molar-refractivity contribution < 1.29 is 4.39 Å². The van der Waals surface area contributed by atoms with Crippen molar-refractivity contribution in [2.75, 3.05) is 0 Å². The monoisotopic (exact) mass is 332 g/mol. The molecule has 3 rings (SSSR count). The molecule has 0 aromatic heterocycles. The van der Waals surface area contributed by atoms with Gasteiger partial charge in [0.2, 0.25) is 0 Å². The maximum absolute atomic E-state index is 15.0. The summed E-state index contributed by atoms with van der Waals surface area (Å²) >= 11 is 0. The molecule has 0 aliphatic rings. The molecule has 0 saturated heterocycles. The fourth-order valence-electron chi connectivity index (χ4n) is 3.28. The van der Waals surface area contributed by atoms with Gasteiger partial charge in [-0.25, -0.2) is 4.39 Å². The average molecular weight is 332 g/mol. The van der Waals surface area contributed by atoms with Crippen molar-refractivity contribution in [1.29, 1.82) is 0 Å². The first-order valence-electron chi connectivity index (χ1n) is 9.14. The predicted octanol–water partition coefficient (Wildman–Crippen LogP) is 7.11. The standard InChI is InChI=1S/C24H25F/c1-3-5-6-8-19-11-15-23-21(17-19)14-16-22(24(23)25)20-12-9-18(7-4-2)10-13-20/h3,5,9-17H,4,6-8H2,1-2H3/b5-3+. The van der Waals surface area contributed by atoms with Crippen molar-refractivity contribution in [3.8, 4) is 11.1 Å². The van der Waals surface area contributed by atoms with Gasteiger partial charge in [-0.05, 0) is 48.3 Å². The van der Waals surface area contributed by atoms with Crippen LogP contribution in [0.5, 0.6) is 0 Å². The molecule has 3 aromatic rings. The van der Waals surface area contributed by atoms with Gasteiger partial charge in [-0.3, -0.25) is 0 Å². The Morgan fingerprint density at radius 3 is 2.36 bits per heavy atom. The molecule has 0 nitrogen and oxygen atoms in total. The third kappa shape index (κ3) is 3.99. The first-order valence-corrected chi connectivity index (χ1v) is 9.14. The molecule has 0 amide bonds. The van der Waals surface area contributed by atoms with E-state index >= 15 is 4.39 Å². The van der Waals surface area contributed by atoms with E-state index in [-0.39, 0.29) is 5.82 Å². The Balaban J connectivity index is 1.92. The molecule has 0 spiro atoms. The minimum atomic E-state index is -0.124. The SMILES string of the molecule is C/C=C/CCc1ccc2c(F)c(-c3ccc(CCC)cc3)ccc2c1. The van der Waals surface area contributed by atoms with Crippen LogP contribution < -0.4 is 0 Å². The van der Waals surface area contributed by atoms with E-state index in [2.05, 4.69) is 37.3 Å². The fraction of sp³-hybridized carbons (Fsp3) is 0.250. The Hall–Kier alpha value is -2.41. The van der Waals surface area contributed by atoms with Crippen LogP contribution in [0.2, 0.25) is 0 Å². The van der Waals surface area contributed by atoms with Crippen LogP contribution in [0.3, 0.4) is 0 Å². The summed E-state index contributed by atoms with van der Waals surface area (Å²) in [4.78, 5) is 0. The predicted molar refractivity (Wildman–Crippen MR) is 106 cm³/mol. The molecule has 0 N–H and O–H groups in total. The minimum absolute atomic E-state index is 0.124. The number of halogens is 1. The maximum Gasteiger partial charge on any atom is 0.138 e. The Labute approximate surface area is 150 Å². The van der Waals surface area contributed by atoms with Crippen molar-refractivity contribution in [2.45, 2.75) is 39.5 Å². The lowest BCUT2D eigenvalue weighted by Gasteiger charge is -2.09. The lowest BCUT2D eigenvalue weighted by molar-refractivity contribution is 0.643. The van der Waals surface area contributed by atoms with Crippen molar-refractivity contribution >= 4 is 10.8 Å². The number of benzene rings is 3. The van der Waals surface area contributed by atoms with Gasteiger partial charge in [0.25, 0.3) is 0 Å². The van der Waals surface area contributed by atoms with Gasteiger partial charge >= 0.3 is 0 Å². The van der Waals surface area contributed by atoms with Gasteiger partial charge < -0.3 is 0 Å². The smallest absolute Gasteiger partial charge is 0.138 e. The average Bonchev–Trinajstić information content (AvgIpc) is 2.63. The number of allylic oxidation sites excluding steroid dienone is 2. The van der Waals surface area contributed by atoms with Gasteiger partial charge in [0.05, 0.1) is 0 Å². The molecule has 0 unspecified atom stereocenters. The molecule has 0 bridgehead atoms. The van der Waals surface area contributed by atoms with Crippen molar-refractivity contribution in [3.63, 3.8) is 0 Å². The number of hydrogen-bond acceptors (Lipinski definition) is 0. The van der Waals surface area contributed by atoms with Gasteiger partial charge in [0, 0.05) is 10.9 Å². The third-order valence-electron chi connectivity index (χ3n) is 4.66. The Bertz CT molecular complexity index is 872. The van der Waals surface area contributed by atoms with Crippen molar-refractivity contribution in [2.24, 2.45) is 0 Å². The number of hydrogen-bond donors (Lipinski definition) is 0. The fourth-order valence-corrected chi connectivity index (χ4v) is 3.28. The van der Waals surface area contributed by atoms with E-state index in [0.717, 1.165) is 36.6 Å². The lowest BCUT2D eigenvalue weighted by Crippen LogP contribution is -1.90. The van der Waals surface area contributed by atoms with Crippen LogP contribution in [0.25, 0.3) is 21.9 Å². The summed E-state index contributed by atoms with van der Waals surface area (Å²) in [6, 6.07) is 18.3. The van der Waals surface area contributed by atoms with E-state index < -0.39 is 0 Å². The zero-order chi connectivity index (χ0) is 17.6. The van der Waals surface area contributed by atoms with Crippen LogP contribution in [0, 0.1) is 5.82 Å². The minimum Gasteiger partial charge on any atom is -0.206 e. The highest BCUT2D eigenvalue weighted by molar-refractivity contribution is 5.88. The van der Waals surface area contributed by atoms with Crippen LogP contribution in [-0.4, -0.2) is 0 Å². The second-order valence-electron chi connectivity index (χ2n) is 6.54. The summed E-state index contributed by atoms with van der Waals surface area (Å²) in [6.07, 6.45) is 8.43. The highest BCUT2D eigenvalue weighted by Crippen LogP contribution is 2.30. The number of rotatable bonds is 6. The normalized spacial score (nSPS) is 11.5. The molecule has 3 aromatic carbocycles. The van der Waals surface area contributed by atoms with E-state index in [9.17, 15) is 0 Å². The molecule has 25 heavy (non-hydrogen) atoms. The molecule has 128 valence electrons. The van der Waals surface area contributed by atoms with Crippen LogP contribution >= 0.6 is 0 Å². The van der Waals surface area contributed by atoms with Crippen LogP contribution in [-0.2, 0) is 12.8 Å². The molecular weight excluding hydrogens is 307 g/mol. The van der Waals surface area contributed by atoms with Gasteiger partial charge in [0.15, 0.2) is 0 Å². The molecule has 0 radical (unpaired) electrons. The zero-order valence-corrected chi connectivity index (χ0v) is 15.1. The topological polar surface area (TPSA) is 0 Å². The van der Waals surface area contributed by atoms with Gasteiger partial charge in [-0.1, -0.05) is 80.1 Å². The van der Waals surface area contributed by atoms with Gasteiger partial charge in [-0.2, -0.15) is 0 Å². The third-order valence-corrected chi connectivity index (χ3v) is 4.66. The second-order valence-corrected chi connectivity index (χ2v) is 6.54. The lowest BCUT2D eigenvalue weighted by atomic mass is 9.97. The number of aryl methyl sites for hydroxylation is 2. The van der Waals surface area contributed by atoms with E-state index in [1.165, 1.54) is 11.1 Å². The van der Waals surface area contributed by atoms with Crippen LogP contribution in [0.15, 0.2) is 66.7 Å². The largest absolute Gasteiger partial charge is 0.206 e. The van der Waals surface area contributed by atoms with Crippen LogP contribution in [0.1, 0.15) is 37.8 Å². The second kappa shape index (κ2) is 8.11. The summed E-state index contributed by atoms with van der Waals surface area (Å²) in [6.45, 7) is 4.20. The molecule has 1 heteroatoms. The summed E-state index contributed by atoms with van der Waals surface area (Å²) in [7, 11) is 0. The van der Waals surface area contributed by atoms with Gasteiger partial charge in [0.1, 0.15) is 5.82 Å². The molecular formula is C24H25F. The highest BCUT2D eigenvalue weighted by atomic mass is 19.1. The molecule has 0 aliphatic heterocycles. The van der Waals surface area contributed by atoms with E-state index in [0.29, 0.717) is 10.9 Å². The quantitative estimate of drug-likeness (QED) is 0.422. The van der Waals surface area contributed by atoms with E-state index in [4.69, 9.17) is 0 Å². The molecule has 0 saturated carbocycles. The summed E-state index contributed by atoms with van der Waals surface area (Å²) in [5.74, 6) is -0.124. The Morgan fingerprint density at radius 2 is 1.64 bits per heavy atom. The number of fused-ring (bicyclic) bond motifs is 1. The first kappa shape index (κ1) is 17.4. The summed E-state index contributed by atoms with van der Waals surface area (Å²) in [5.41, 5.74) is 4.17. The molecule has 0 atom stereocenters. The van der Waals surface area contributed by atoms with Crippen LogP contribution in [0.4, 0.5) is 4.39 Å². The van der Waals surface area contributed by atoms with Crippen molar-refractivity contribution in [1.82, 2.24) is 0 Å². The van der Waals surface area contributed by atoms with E-state index in [1.54, 1.807) is 0 Å². The maximum atomic E-state index is 15.0. The van der Waals surface area contributed by atoms with E-state index in [1.807, 2.05) is 43.3 Å². The molecule has 0 heterocycles. The van der Waals surface area contributed by atoms with Gasteiger partial charge in [-0.15, -0.1) is 0 Å². The Kier molecular flexibility index (Phi) is 5.65.